The number of methoxy groups -OCH3 is 1. The molecule has 0 spiro atoms. The molecule has 0 aliphatic carbocycles. The van der Waals surface area contributed by atoms with Gasteiger partial charge in [0.05, 0.1) is 12.8 Å². The van der Waals surface area contributed by atoms with Crippen molar-refractivity contribution in [2.45, 2.75) is 40.8 Å². The first-order valence-corrected chi connectivity index (χ1v) is 9.60. The Morgan fingerprint density at radius 3 is 2.50 bits per heavy atom. The van der Waals surface area contributed by atoms with Crippen molar-refractivity contribution in [2.24, 2.45) is 0 Å². The van der Waals surface area contributed by atoms with Crippen molar-refractivity contribution in [1.82, 2.24) is 9.88 Å². The maximum absolute atomic E-state index is 5.99. The Labute approximate surface area is 159 Å². The van der Waals surface area contributed by atoms with Crippen LogP contribution < -0.4 is 4.74 Å². The van der Waals surface area contributed by atoms with Crippen molar-refractivity contribution in [2.75, 3.05) is 14.2 Å². The molecule has 4 nitrogen and oxygen atoms in total. The topological polar surface area (TPSA) is 38.5 Å². The fraction of sp³-hybridized carbons (Fsp3) is 0.381. The third-order valence-electron chi connectivity index (χ3n) is 4.67. The molecule has 26 heavy (non-hydrogen) atoms. The van der Waals surface area contributed by atoms with Gasteiger partial charge in [0.15, 0.2) is 0 Å². The van der Waals surface area contributed by atoms with Crippen molar-refractivity contribution in [1.29, 1.82) is 0 Å². The molecule has 0 radical (unpaired) electrons. The zero-order valence-electron chi connectivity index (χ0n) is 16.3. The van der Waals surface area contributed by atoms with Gasteiger partial charge in [-0.05, 0) is 75.0 Å². The van der Waals surface area contributed by atoms with Gasteiger partial charge in [0.2, 0.25) is 5.89 Å². The number of nitrogens with zero attached hydrogens (tertiary/aromatic N) is 2. The number of aromatic nitrogens is 1. The largest absolute Gasteiger partial charge is 0.496 e. The van der Waals surface area contributed by atoms with Crippen LogP contribution in [0.25, 0.3) is 11.5 Å². The fourth-order valence-electron chi connectivity index (χ4n) is 3.05. The van der Waals surface area contributed by atoms with Gasteiger partial charge in [-0.1, -0.05) is 0 Å². The van der Waals surface area contributed by atoms with E-state index in [9.17, 15) is 0 Å². The van der Waals surface area contributed by atoms with E-state index in [1.165, 1.54) is 10.4 Å². The van der Waals surface area contributed by atoms with Gasteiger partial charge in [-0.25, -0.2) is 4.98 Å². The average molecular weight is 371 g/mol. The van der Waals surface area contributed by atoms with Gasteiger partial charge in [0, 0.05) is 23.5 Å². The maximum Gasteiger partial charge on any atom is 0.226 e. The van der Waals surface area contributed by atoms with Crippen LogP contribution in [0.5, 0.6) is 5.75 Å². The van der Waals surface area contributed by atoms with Crippen LogP contribution in [0.15, 0.2) is 28.0 Å². The van der Waals surface area contributed by atoms with Gasteiger partial charge in [0.1, 0.15) is 11.5 Å². The van der Waals surface area contributed by atoms with Gasteiger partial charge >= 0.3 is 0 Å². The predicted octanol–water partition coefficient (Wildman–Crippen LogP) is 5.28. The van der Waals surface area contributed by atoms with Gasteiger partial charge < -0.3 is 9.15 Å². The van der Waals surface area contributed by atoms with Gasteiger partial charge in [-0.3, -0.25) is 4.90 Å². The molecule has 0 atom stereocenters. The lowest BCUT2D eigenvalue weighted by Gasteiger charge is -2.14. The Balaban J connectivity index is 1.81. The standard InChI is InChI=1S/C21H26N2O2S/c1-13-7-8-26-20(13)12-23(5)11-18-16(4)25-21(22-18)17-9-15(3)19(24-6)10-14(17)2/h7-10H,11-12H2,1-6H3. The molecule has 0 fully saturated rings. The highest BCUT2D eigenvalue weighted by atomic mass is 32.1. The SMILES string of the molecule is COc1cc(C)c(-c2nc(CN(C)Cc3sccc3C)c(C)o2)cc1C. The second-order valence-electron chi connectivity index (χ2n) is 6.86. The predicted molar refractivity (Wildman–Crippen MR) is 107 cm³/mol. The van der Waals surface area contributed by atoms with Crippen LogP contribution >= 0.6 is 11.3 Å². The smallest absolute Gasteiger partial charge is 0.226 e. The van der Waals surface area contributed by atoms with E-state index < -0.39 is 0 Å². The molecular formula is C21H26N2O2S. The molecule has 1 aromatic carbocycles. The van der Waals surface area contributed by atoms with Crippen LogP contribution in [-0.4, -0.2) is 24.0 Å². The van der Waals surface area contributed by atoms with Crippen molar-refractivity contribution in [3.05, 3.63) is 56.6 Å². The highest BCUT2D eigenvalue weighted by Crippen LogP contribution is 2.31. The Bertz CT molecular complexity index is 911. The van der Waals surface area contributed by atoms with Crippen molar-refractivity contribution >= 4 is 11.3 Å². The van der Waals surface area contributed by atoms with Crippen LogP contribution in [0.3, 0.4) is 0 Å². The second-order valence-corrected chi connectivity index (χ2v) is 7.86. The number of ether oxygens (including phenoxy) is 1. The molecule has 5 heteroatoms. The number of rotatable bonds is 6. The monoisotopic (exact) mass is 370 g/mol. The summed E-state index contributed by atoms with van der Waals surface area (Å²) in [5, 5.41) is 2.15. The Morgan fingerprint density at radius 1 is 1.08 bits per heavy atom. The minimum absolute atomic E-state index is 0.682. The molecule has 0 unspecified atom stereocenters. The van der Waals surface area contributed by atoms with E-state index in [1.54, 1.807) is 18.4 Å². The number of benzene rings is 1. The summed E-state index contributed by atoms with van der Waals surface area (Å²) in [6, 6.07) is 6.29. The van der Waals surface area contributed by atoms with E-state index in [0.717, 1.165) is 47.0 Å². The molecule has 0 N–H and O–H groups in total. The lowest BCUT2D eigenvalue weighted by Crippen LogP contribution is -2.17. The third kappa shape index (κ3) is 3.84. The summed E-state index contributed by atoms with van der Waals surface area (Å²) < 4.78 is 11.4. The first kappa shape index (κ1) is 18.7. The second kappa shape index (κ2) is 7.64. The number of oxazole rings is 1. The third-order valence-corrected chi connectivity index (χ3v) is 5.67. The van der Waals surface area contributed by atoms with Gasteiger partial charge in [-0.15, -0.1) is 11.3 Å². The normalized spacial score (nSPS) is 11.3. The lowest BCUT2D eigenvalue weighted by atomic mass is 10.0. The molecule has 0 aliphatic rings. The van der Waals surface area contributed by atoms with Crippen LogP contribution in [0.1, 0.15) is 33.0 Å². The molecule has 2 heterocycles. The lowest BCUT2D eigenvalue weighted by molar-refractivity contribution is 0.315. The minimum atomic E-state index is 0.682. The molecule has 0 saturated heterocycles. The summed E-state index contributed by atoms with van der Waals surface area (Å²) in [7, 11) is 3.82. The van der Waals surface area contributed by atoms with Crippen molar-refractivity contribution < 1.29 is 9.15 Å². The zero-order chi connectivity index (χ0) is 18.8. The first-order chi connectivity index (χ1) is 12.4. The van der Waals surface area contributed by atoms with Gasteiger partial charge in [0.25, 0.3) is 0 Å². The molecule has 3 rings (SSSR count). The van der Waals surface area contributed by atoms with E-state index in [4.69, 9.17) is 14.1 Å². The molecule has 2 aromatic heterocycles. The molecule has 0 aliphatic heterocycles. The first-order valence-electron chi connectivity index (χ1n) is 8.72. The Hall–Kier alpha value is -2.11. The van der Waals surface area contributed by atoms with Crippen LogP contribution in [0.2, 0.25) is 0 Å². The summed E-state index contributed by atoms with van der Waals surface area (Å²) >= 11 is 1.80. The number of thiophene rings is 1. The molecule has 0 bridgehead atoms. The van der Waals surface area contributed by atoms with Crippen molar-refractivity contribution in [3.8, 4) is 17.2 Å². The molecule has 0 amide bonds. The average Bonchev–Trinajstić information content (AvgIpc) is 3.15. The van der Waals surface area contributed by atoms with Crippen LogP contribution in [-0.2, 0) is 13.1 Å². The highest BCUT2D eigenvalue weighted by molar-refractivity contribution is 7.10. The number of hydrogen-bond donors (Lipinski definition) is 0. The fourth-order valence-corrected chi connectivity index (χ4v) is 4.04. The summed E-state index contributed by atoms with van der Waals surface area (Å²) in [5.41, 5.74) is 5.54. The van der Waals surface area contributed by atoms with E-state index >= 15 is 0 Å². The van der Waals surface area contributed by atoms with Gasteiger partial charge in [-0.2, -0.15) is 0 Å². The summed E-state index contributed by atoms with van der Waals surface area (Å²) in [6.07, 6.45) is 0. The van der Waals surface area contributed by atoms with E-state index in [2.05, 4.69) is 43.3 Å². The summed E-state index contributed by atoms with van der Waals surface area (Å²) in [6.45, 7) is 9.93. The number of hydrogen-bond acceptors (Lipinski definition) is 5. The number of aryl methyl sites for hydroxylation is 4. The Kier molecular flexibility index (Phi) is 5.49. The molecule has 138 valence electrons. The molecule has 3 aromatic rings. The zero-order valence-corrected chi connectivity index (χ0v) is 17.2. The van der Waals surface area contributed by atoms with E-state index in [0.29, 0.717) is 5.89 Å². The molecule has 0 saturated carbocycles. The van der Waals surface area contributed by atoms with Crippen molar-refractivity contribution in [3.63, 3.8) is 0 Å². The summed E-state index contributed by atoms with van der Waals surface area (Å²) in [4.78, 5) is 8.46. The van der Waals surface area contributed by atoms with Crippen LogP contribution in [0, 0.1) is 27.7 Å². The maximum atomic E-state index is 5.99. The van der Waals surface area contributed by atoms with E-state index in [1.807, 2.05) is 19.9 Å². The molecular weight excluding hydrogens is 344 g/mol. The van der Waals surface area contributed by atoms with E-state index in [-0.39, 0.29) is 0 Å². The highest BCUT2D eigenvalue weighted by Gasteiger charge is 2.16. The minimum Gasteiger partial charge on any atom is -0.496 e. The summed E-state index contributed by atoms with van der Waals surface area (Å²) in [5.74, 6) is 2.45. The quantitative estimate of drug-likeness (QED) is 0.592. The Morgan fingerprint density at radius 2 is 1.85 bits per heavy atom. The van der Waals surface area contributed by atoms with Crippen LogP contribution in [0.4, 0.5) is 0 Å².